The Kier molecular flexibility index (Phi) is 10.2. The molecule has 1 aliphatic heterocycles. The summed E-state index contributed by atoms with van der Waals surface area (Å²) in [4.78, 5) is 33.7. The molecule has 1 aromatic heterocycles. The highest BCUT2D eigenvalue weighted by Gasteiger charge is 2.59. The number of pyridine rings is 1. The first kappa shape index (κ1) is 33.6. The van der Waals surface area contributed by atoms with E-state index in [0.717, 1.165) is 30.5 Å². The van der Waals surface area contributed by atoms with Crippen molar-refractivity contribution in [1.82, 2.24) is 15.2 Å². The number of hydrogen-bond donors (Lipinski definition) is 2. The molecule has 10 heteroatoms. The van der Waals surface area contributed by atoms with E-state index in [1.807, 2.05) is 32.9 Å². The first-order valence-electron chi connectivity index (χ1n) is 15.5. The fraction of sp³-hybridized carbons (Fsp3) is 0.618. The van der Waals surface area contributed by atoms with Gasteiger partial charge in [0, 0.05) is 46.7 Å². The van der Waals surface area contributed by atoms with Gasteiger partial charge in [0.05, 0.1) is 13.2 Å². The molecule has 2 heterocycles. The lowest BCUT2D eigenvalue weighted by Crippen LogP contribution is -2.49. The van der Waals surface area contributed by atoms with Crippen molar-refractivity contribution < 1.29 is 33.0 Å². The number of carboxylic acids is 1. The molecule has 4 atom stereocenters. The SMILES string of the molecule is COc1nc(C(C)(C)C)ccc1CN[C@H]1[C@H](C(C)(C)C)[C@@H](C(=O)O)N(C(=O)C2CCCCC2)[C@H]1c1ccccc1OC(F)F. The molecule has 2 aliphatic rings. The van der Waals surface area contributed by atoms with Crippen LogP contribution in [0.15, 0.2) is 36.4 Å². The fourth-order valence-electron chi connectivity index (χ4n) is 6.97. The van der Waals surface area contributed by atoms with Crippen LogP contribution in [0.3, 0.4) is 0 Å². The monoisotopic (exact) mass is 615 g/mol. The van der Waals surface area contributed by atoms with Crippen LogP contribution in [0.25, 0.3) is 0 Å². The number of benzene rings is 1. The van der Waals surface area contributed by atoms with Gasteiger partial charge in [-0.25, -0.2) is 9.78 Å². The van der Waals surface area contributed by atoms with E-state index in [-0.39, 0.29) is 29.5 Å². The molecule has 8 nitrogen and oxygen atoms in total. The Morgan fingerprint density at radius 2 is 1.70 bits per heavy atom. The lowest BCUT2D eigenvalue weighted by Gasteiger charge is -2.36. The summed E-state index contributed by atoms with van der Waals surface area (Å²) >= 11 is 0. The van der Waals surface area contributed by atoms with E-state index in [1.165, 1.54) is 11.0 Å². The van der Waals surface area contributed by atoms with Gasteiger partial charge in [0.2, 0.25) is 11.8 Å². The number of rotatable bonds is 9. The van der Waals surface area contributed by atoms with Crippen LogP contribution in [0.1, 0.15) is 96.5 Å². The molecule has 1 aliphatic carbocycles. The summed E-state index contributed by atoms with van der Waals surface area (Å²) in [6.45, 7) is 9.22. The van der Waals surface area contributed by atoms with Crippen LogP contribution in [0, 0.1) is 17.3 Å². The number of ether oxygens (including phenoxy) is 2. The number of nitrogens with one attached hydrogen (secondary N) is 1. The Bertz CT molecular complexity index is 1320. The normalized spacial score (nSPS) is 23.2. The van der Waals surface area contributed by atoms with E-state index in [9.17, 15) is 23.5 Å². The summed E-state index contributed by atoms with van der Waals surface area (Å²) in [5.41, 5.74) is 1.18. The number of halogens is 2. The quantitative estimate of drug-likeness (QED) is 0.323. The van der Waals surface area contributed by atoms with Gasteiger partial charge in [0.25, 0.3) is 0 Å². The maximum atomic E-state index is 14.4. The van der Waals surface area contributed by atoms with Crippen molar-refractivity contribution in [2.24, 2.45) is 17.3 Å². The van der Waals surface area contributed by atoms with Gasteiger partial charge in [-0.15, -0.1) is 0 Å². The third kappa shape index (κ3) is 7.16. The molecule has 4 rings (SSSR count). The third-order valence-corrected chi connectivity index (χ3v) is 9.01. The van der Waals surface area contributed by atoms with Crippen LogP contribution in [0.5, 0.6) is 11.6 Å². The van der Waals surface area contributed by atoms with Crippen molar-refractivity contribution >= 4 is 11.9 Å². The number of alkyl halides is 2. The van der Waals surface area contributed by atoms with Gasteiger partial charge in [-0.3, -0.25) is 4.79 Å². The summed E-state index contributed by atoms with van der Waals surface area (Å²) in [5, 5.41) is 14.3. The van der Waals surface area contributed by atoms with E-state index in [2.05, 4.69) is 26.1 Å². The maximum Gasteiger partial charge on any atom is 0.387 e. The van der Waals surface area contributed by atoms with E-state index < -0.39 is 42.0 Å². The maximum absolute atomic E-state index is 14.4. The second-order valence-electron chi connectivity index (χ2n) is 14.1. The Labute approximate surface area is 259 Å². The molecule has 1 aromatic carbocycles. The molecular formula is C34H47F2N3O5. The average molecular weight is 616 g/mol. The van der Waals surface area contributed by atoms with E-state index in [0.29, 0.717) is 24.3 Å². The molecule has 0 radical (unpaired) electrons. The molecule has 2 N–H and O–H groups in total. The molecule has 242 valence electrons. The second kappa shape index (κ2) is 13.4. The Morgan fingerprint density at radius 1 is 1.05 bits per heavy atom. The first-order chi connectivity index (χ1) is 20.6. The number of para-hydroxylation sites is 1. The van der Waals surface area contributed by atoms with E-state index in [4.69, 9.17) is 14.5 Å². The number of hydrogen-bond acceptors (Lipinski definition) is 6. The number of methoxy groups -OCH3 is 1. The number of carbonyl (C=O) groups excluding carboxylic acids is 1. The zero-order valence-corrected chi connectivity index (χ0v) is 26.9. The van der Waals surface area contributed by atoms with Crippen molar-refractivity contribution in [3.05, 3.63) is 53.2 Å². The minimum atomic E-state index is -3.09. The molecule has 2 fully saturated rings. The van der Waals surface area contributed by atoms with Crippen molar-refractivity contribution in [2.45, 2.75) is 110 Å². The van der Waals surface area contributed by atoms with Gasteiger partial charge in [-0.2, -0.15) is 8.78 Å². The van der Waals surface area contributed by atoms with Crippen LogP contribution in [0.2, 0.25) is 0 Å². The molecule has 2 aromatic rings. The Hall–Kier alpha value is -3.27. The van der Waals surface area contributed by atoms with Crippen LogP contribution in [-0.2, 0) is 21.5 Å². The number of carboxylic acid groups (broad SMARTS) is 1. The molecule has 0 bridgehead atoms. The second-order valence-corrected chi connectivity index (χ2v) is 14.1. The van der Waals surface area contributed by atoms with E-state index >= 15 is 0 Å². The summed E-state index contributed by atoms with van der Waals surface area (Å²) in [7, 11) is 1.55. The van der Waals surface area contributed by atoms with Crippen LogP contribution >= 0.6 is 0 Å². The van der Waals surface area contributed by atoms with Crippen molar-refractivity contribution in [1.29, 1.82) is 0 Å². The largest absolute Gasteiger partial charge is 0.481 e. The molecule has 1 saturated heterocycles. The van der Waals surface area contributed by atoms with Crippen LogP contribution in [0.4, 0.5) is 8.78 Å². The fourth-order valence-corrected chi connectivity index (χ4v) is 6.97. The van der Waals surface area contributed by atoms with Gasteiger partial charge in [0.15, 0.2) is 0 Å². The summed E-state index contributed by atoms with van der Waals surface area (Å²) in [6.07, 6.45) is 4.15. The molecule has 1 amide bonds. The van der Waals surface area contributed by atoms with Crippen molar-refractivity contribution in [2.75, 3.05) is 7.11 Å². The van der Waals surface area contributed by atoms with Gasteiger partial charge >= 0.3 is 12.6 Å². The number of carbonyl (C=O) groups is 2. The van der Waals surface area contributed by atoms with Crippen LogP contribution in [-0.4, -0.2) is 52.7 Å². The van der Waals surface area contributed by atoms with Crippen molar-refractivity contribution in [3.8, 4) is 11.6 Å². The zero-order valence-electron chi connectivity index (χ0n) is 26.9. The minimum absolute atomic E-state index is 0.0757. The Balaban J connectivity index is 1.86. The first-order valence-corrected chi connectivity index (χ1v) is 15.5. The van der Waals surface area contributed by atoms with Gasteiger partial charge < -0.3 is 24.8 Å². The predicted octanol–water partition coefficient (Wildman–Crippen LogP) is 6.73. The summed E-state index contributed by atoms with van der Waals surface area (Å²) in [6, 6.07) is 7.58. The molecule has 0 spiro atoms. The summed E-state index contributed by atoms with van der Waals surface area (Å²) in [5.74, 6) is -1.91. The van der Waals surface area contributed by atoms with Crippen LogP contribution < -0.4 is 14.8 Å². The highest BCUT2D eigenvalue weighted by Crippen LogP contribution is 2.51. The number of amides is 1. The highest BCUT2D eigenvalue weighted by atomic mass is 19.3. The topological polar surface area (TPSA) is 101 Å². The molecular weight excluding hydrogens is 568 g/mol. The average Bonchev–Trinajstić information content (AvgIpc) is 3.31. The standard InChI is InChI=1S/C34H47F2N3O5/c1-33(2,3)24-18-17-21(29(38-24)43-7)19-37-26-25(34(4,5)6)28(31(41)42)39(30(40)20-13-9-8-10-14-20)27(26)22-15-11-12-16-23(22)44-32(35)36/h11-12,15-18,20,25-28,32,37H,8-10,13-14,19H2,1-7H3,(H,41,42)/t25-,26-,27-,28-/m0/s1. The van der Waals surface area contributed by atoms with Gasteiger partial charge in [0.1, 0.15) is 11.8 Å². The number of nitrogens with zero attached hydrogens (tertiary/aromatic N) is 2. The number of aliphatic carboxylic acids is 1. The number of likely N-dealkylation sites (tertiary alicyclic amines) is 1. The lowest BCUT2D eigenvalue weighted by atomic mass is 9.72. The predicted molar refractivity (Wildman–Crippen MR) is 164 cm³/mol. The molecule has 0 unspecified atom stereocenters. The Morgan fingerprint density at radius 3 is 2.27 bits per heavy atom. The molecule has 1 saturated carbocycles. The highest BCUT2D eigenvalue weighted by molar-refractivity contribution is 5.87. The van der Waals surface area contributed by atoms with E-state index in [1.54, 1.807) is 25.3 Å². The number of aromatic nitrogens is 1. The molecule has 44 heavy (non-hydrogen) atoms. The lowest BCUT2D eigenvalue weighted by molar-refractivity contribution is -0.154. The summed E-state index contributed by atoms with van der Waals surface area (Å²) < 4.78 is 37.9. The van der Waals surface area contributed by atoms with Gasteiger partial charge in [-0.1, -0.05) is 85.1 Å². The smallest absolute Gasteiger partial charge is 0.387 e. The van der Waals surface area contributed by atoms with Gasteiger partial charge in [-0.05, 0) is 30.4 Å². The minimum Gasteiger partial charge on any atom is -0.481 e. The third-order valence-electron chi connectivity index (χ3n) is 9.01. The zero-order chi connectivity index (χ0) is 32.4. The van der Waals surface area contributed by atoms with Crippen molar-refractivity contribution in [3.63, 3.8) is 0 Å².